The smallest absolute Gasteiger partial charge is 0.320 e. The molecule has 190 valence electrons. The van der Waals surface area contributed by atoms with Crippen molar-refractivity contribution in [3.05, 3.63) is 130 Å². The Morgan fingerprint density at radius 1 is 0.865 bits per heavy atom. The van der Waals surface area contributed by atoms with Crippen molar-refractivity contribution >= 4 is 21.9 Å². The topological polar surface area (TPSA) is 81.8 Å². The van der Waals surface area contributed by atoms with Crippen molar-refractivity contribution in [1.29, 1.82) is 0 Å². The quantitative estimate of drug-likeness (QED) is 0.229. The molecule has 0 spiro atoms. The fourth-order valence-corrected chi connectivity index (χ4v) is 5.04. The van der Waals surface area contributed by atoms with Gasteiger partial charge in [0.15, 0.2) is 0 Å². The average Bonchev–Trinajstić information content (AvgIpc) is 2.90. The van der Waals surface area contributed by atoms with Gasteiger partial charge in [0.05, 0.1) is 11.6 Å². The van der Waals surface area contributed by atoms with Crippen LogP contribution in [0.15, 0.2) is 108 Å². The Morgan fingerprint density at radius 3 is 2.00 bits per heavy atom. The summed E-state index contributed by atoms with van der Waals surface area (Å²) < 4.78 is 13.3. The van der Waals surface area contributed by atoms with Gasteiger partial charge in [-0.15, -0.1) is 0 Å². The molecule has 0 aromatic heterocycles. The number of hydrogen-bond acceptors (Lipinski definition) is 4. The van der Waals surface area contributed by atoms with E-state index in [2.05, 4.69) is 46.3 Å². The summed E-state index contributed by atoms with van der Waals surface area (Å²) in [7, 11) is 1.64. The van der Waals surface area contributed by atoms with Crippen molar-refractivity contribution in [2.45, 2.75) is 30.9 Å². The minimum atomic E-state index is -1.03. The van der Waals surface area contributed by atoms with Crippen molar-refractivity contribution in [2.75, 3.05) is 7.11 Å². The van der Waals surface area contributed by atoms with E-state index in [1.807, 2.05) is 72.8 Å². The zero-order valence-corrected chi connectivity index (χ0v) is 22.2. The SMILES string of the molecule is COc1ccc(C(Cc2ccccc2)(Cc2ccccc2)Oc2cccc(CC(N)C(=O)O)c2)cc1Br. The van der Waals surface area contributed by atoms with E-state index in [1.165, 1.54) is 0 Å². The summed E-state index contributed by atoms with van der Waals surface area (Å²) in [5.41, 5.74) is 9.09. The number of nitrogens with two attached hydrogens (primary N) is 1. The number of benzene rings is 4. The third-order valence-corrected chi connectivity index (χ3v) is 6.95. The molecule has 6 heteroatoms. The Hall–Kier alpha value is -3.61. The lowest BCUT2D eigenvalue weighted by Gasteiger charge is -2.36. The molecule has 3 N–H and O–H groups in total. The van der Waals surface area contributed by atoms with Crippen molar-refractivity contribution < 1.29 is 19.4 Å². The first-order chi connectivity index (χ1) is 17.9. The van der Waals surface area contributed by atoms with Crippen LogP contribution in [0.25, 0.3) is 0 Å². The minimum Gasteiger partial charge on any atom is -0.496 e. The largest absolute Gasteiger partial charge is 0.496 e. The molecular weight excluding hydrogens is 530 g/mol. The van der Waals surface area contributed by atoms with Crippen LogP contribution in [-0.2, 0) is 29.7 Å². The highest BCUT2D eigenvalue weighted by Crippen LogP contribution is 2.39. The van der Waals surface area contributed by atoms with E-state index in [-0.39, 0.29) is 6.42 Å². The van der Waals surface area contributed by atoms with Gasteiger partial charge in [0.25, 0.3) is 0 Å². The van der Waals surface area contributed by atoms with Crippen LogP contribution >= 0.6 is 15.9 Å². The van der Waals surface area contributed by atoms with E-state index in [4.69, 9.17) is 15.2 Å². The molecule has 0 aliphatic heterocycles. The molecule has 4 rings (SSSR count). The van der Waals surface area contributed by atoms with Gasteiger partial charge in [0.2, 0.25) is 0 Å². The van der Waals surface area contributed by atoms with E-state index >= 15 is 0 Å². The molecule has 0 bridgehead atoms. The maximum atomic E-state index is 11.3. The molecule has 0 aliphatic rings. The first kappa shape index (κ1) is 26.5. The van der Waals surface area contributed by atoms with E-state index < -0.39 is 17.6 Å². The number of rotatable bonds is 11. The highest BCUT2D eigenvalue weighted by molar-refractivity contribution is 9.10. The second kappa shape index (κ2) is 12.1. The molecule has 5 nitrogen and oxygen atoms in total. The number of halogens is 1. The van der Waals surface area contributed by atoms with Gasteiger partial charge in [0.1, 0.15) is 23.1 Å². The number of aliphatic carboxylic acids is 1. The fraction of sp³-hybridized carbons (Fsp3) is 0.194. The summed E-state index contributed by atoms with van der Waals surface area (Å²) in [4.78, 5) is 11.3. The fourth-order valence-electron chi connectivity index (χ4n) is 4.50. The van der Waals surface area contributed by atoms with Crippen LogP contribution in [0.2, 0.25) is 0 Å². The lowest BCUT2D eigenvalue weighted by molar-refractivity contribution is -0.138. The second-order valence-corrected chi connectivity index (χ2v) is 9.92. The highest BCUT2D eigenvalue weighted by atomic mass is 79.9. The number of carboxylic acid groups (broad SMARTS) is 1. The van der Waals surface area contributed by atoms with Gasteiger partial charge >= 0.3 is 5.97 Å². The van der Waals surface area contributed by atoms with E-state index in [0.717, 1.165) is 32.5 Å². The monoisotopic (exact) mass is 559 g/mol. The summed E-state index contributed by atoms with van der Waals surface area (Å²) in [5.74, 6) is 0.354. The predicted octanol–water partition coefficient (Wildman–Crippen LogP) is 6.17. The van der Waals surface area contributed by atoms with E-state index in [1.54, 1.807) is 7.11 Å². The number of carbonyl (C=O) groups is 1. The van der Waals surface area contributed by atoms with Gasteiger partial charge in [-0.1, -0.05) is 78.9 Å². The molecule has 1 atom stereocenters. The first-order valence-electron chi connectivity index (χ1n) is 12.1. The lowest BCUT2D eigenvalue weighted by atomic mass is 9.81. The molecule has 1 unspecified atom stereocenters. The highest BCUT2D eigenvalue weighted by Gasteiger charge is 2.36. The first-order valence-corrected chi connectivity index (χ1v) is 12.9. The molecular formula is C31H30BrNO4. The molecule has 4 aromatic carbocycles. The molecule has 0 radical (unpaired) electrons. The van der Waals surface area contributed by atoms with Crippen LogP contribution in [0, 0.1) is 0 Å². The maximum Gasteiger partial charge on any atom is 0.320 e. The molecule has 4 aromatic rings. The van der Waals surface area contributed by atoms with Crippen LogP contribution in [0.5, 0.6) is 11.5 Å². The van der Waals surface area contributed by atoms with Crippen LogP contribution in [0.1, 0.15) is 22.3 Å². The summed E-state index contributed by atoms with van der Waals surface area (Å²) in [5, 5.41) is 9.27. The Morgan fingerprint density at radius 2 is 1.46 bits per heavy atom. The molecule has 0 aliphatic carbocycles. The molecule has 0 fully saturated rings. The summed E-state index contributed by atoms with van der Waals surface area (Å²) in [6.45, 7) is 0. The normalized spacial score (nSPS) is 12.1. The molecule has 0 saturated heterocycles. The van der Waals surface area contributed by atoms with Gasteiger partial charge in [-0.05, 0) is 68.9 Å². The van der Waals surface area contributed by atoms with Gasteiger partial charge in [-0.25, -0.2) is 0 Å². The molecule has 0 saturated carbocycles. The third kappa shape index (κ3) is 6.79. The predicted molar refractivity (Wildman–Crippen MR) is 149 cm³/mol. The van der Waals surface area contributed by atoms with E-state index in [0.29, 0.717) is 18.6 Å². The van der Waals surface area contributed by atoms with Gasteiger partial charge in [-0.3, -0.25) is 4.79 Å². The molecule has 0 amide bonds. The van der Waals surface area contributed by atoms with Crippen molar-refractivity contribution in [2.24, 2.45) is 5.73 Å². The van der Waals surface area contributed by atoms with Crippen LogP contribution in [0.3, 0.4) is 0 Å². The van der Waals surface area contributed by atoms with Crippen molar-refractivity contribution in [3.8, 4) is 11.5 Å². The van der Waals surface area contributed by atoms with Crippen molar-refractivity contribution in [3.63, 3.8) is 0 Å². The van der Waals surface area contributed by atoms with Gasteiger partial charge in [-0.2, -0.15) is 0 Å². The van der Waals surface area contributed by atoms with Crippen LogP contribution < -0.4 is 15.2 Å². The Labute approximate surface area is 226 Å². The Bertz CT molecular complexity index is 1290. The number of methoxy groups -OCH3 is 1. The standard InChI is InChI=1S/C31H30BrNO4/c1-36-29-16-15-25(19-27(29)32)31(20-22-9-4-2-5-10-22,21-23-11-6-3-7-12-23)37-26-14-8-13-24(17-26)18-28(33)30(34)35/h2-17,19,28H,18,20-21,33H2,1H3,(H,34,35). The zero-order valence-electron chi connectivity index (χ0n) is 20.6. The zero-order chi connectivity index (χ0) is 26.3. The minimum absolute atomic E-state index is 0.213. The van der Waals surface area contributed by atoms with Crippen molar-refractivity contribution in [1.82, 2.24) is 0 Å². The van der Waals surface area contributed by atoms with Crippen LogP contribution in [-0.4, -0.2) is 24.2 Å². The number of ether oxygens (including phenoxy) is 2. The summed E-state index contributed by atoms with van der Waals surface area (Å²) >= 11 is 3.66. The van der Waals surface area contributed by atoms with Gasteiger partial charge < -0.3 is 20.3 Å². The average molecular weight is 560 g/mol. The second-order valence-electron chi connectivity index (χ2n) is 9.07. The molecule has 0 heterocycles. The van der Waals surface area contributed by atoms with Gasteiger partial charge in [0, 0.05) is 12.8 Å². The maximum absolute atomic E-state index is 11.3. The Kier molecular flexibility index (Phi) is 8.64. The molecule has 37 heavy (non-hydrogen) atoms. The summed E-state index contributed by atoms with van der Waals surface area (Å²) in [6, 6.07) is 33.1. The van der Waals surface area contributed by atoms with E-state index in [9.17, 15) is 9.90 Å². The number of carboxylic acids is 1. The summed E-state index contributed by atoms with van der Waals surface area (Å²) in [6.07, 6.45) is 1.44. The number of hydrogen-bond donors (Lipinski definition) is 2. The third-order valence-electron chi connectivity index (χ3n) is 6.33. The van der Waals surface area contributed by atoms with Crippen LogP contribution in [0.4, 0.5) is 0 Å². The Balaban J connectivity index is 1.83. The lowest BCUT2D eigenvalue weighted by Crippen LogP contribution is -2.38.